The van der Waals surface area contributed by atoms with Crippen LogP contribution in [-0.2, 0) is 12.2 Å². The standard InChI is InChI=1S/C11H13N5OS2/c1-2-8-14-11(19-16-8)18-6-7-4-3-5-13-9(7)10(12)15-17/h3-5,17H,2,6H2,1H3,(H2,12,15). The van der Waals surface area contributed by atoms with Gasteiger partial charge in [0, 0.05) is 18.4 Å². The van der Waals surface area contributed by atoms with E-state index < -0.39 is 0 Å². The van der Waals surface area contributed by atoms with Gasteiger partial charge in [-0.05, 0) is 23.2 Å². The van der Waals surface area contributed by atoms with E-state index in [4.69, 9.17) is 10.9 Å². The molecule has 0 aliphatic carbocycles. The molecule has 0 aliphatic rings. The highest BCUT2D eigenvalue weighted by Gasteiger charge is 2.10. The van der Waals surface area contributed by atoms with Crippen molar-refractivity contribution in [3.05, 3.63) is 35.4 Å². The van der Waals surface area contributed by atoms with Crippen molar-refractivity contribution in [3.63, 3.8) is 0 Å². The molecule has 0 spiro atoms. The maximum atomic E-state index is 8.73. The van der Waals surface area contributed by atoms with Crippen molar-refractivity contribution in [2.45, 2.75) is 23.4 Å². The van der Waals surface area contributed by atoms with Crippen LogP contribution in [0.15, 0.2) is 27.8 Å². The summed E-state index contributed by atoms with van der Waals surface area (Å²) in [6.07, 6.45) is 2.45. The first-order valence-corrected chi connectivity index (χ1v) is 7.37. The van der Waals surface area contributed by atoms with Crippen LogP contribution in [0.2, 0.25) is 0 Å². The predicted molar refractivity (Wildman–Crippen MR) is 75.6 cm³/mol. The van der Waals surface area contributed by atoms with E-state index in [1.54, 1.807) is 18.0 Å². The quantitative estimate of drug-likeness (QED) is 0.287. The molecule has 2 rings (SSSR count). The van der Waals surface area contributed by atoms with Crippen LogP contribution in [0.1, 0.15) is 24.0 Å². The van der Waals surface area contributed by atoms with Crippen molar-refractivity contribution in [1.82, 2.24) is 14.3 Å². The average molecular weight is 295 g/mol. The number of nitrogens with zero attached hydrogens (tertiary/aromatic N) is 4. The minimum absolute atomic E-state index is 0.0164. The molecule has 0 fully saturated rings. The molecule has 0 saturated carbocycles. The average Bonchev–Trinajstić information content (AvgIpc) is 2.92. The molecule has 0 unspecified atom stereocenters. The molecule has 100 valence electrons. The van der Waals surface area contributed by atoms with E-state index in [1.807, 2.05) is 19.1 Å². The van der Waals surface area contributed by atoms with Crippen LogP contribution in [0.25, 0.3) is 0 Å². The van der Waals surface area contributed by atoms with Crippen LogP contribution in [-0.4, -0.2) is 25.4 Å². The Morgan fingerprint density at radius 1 is 1.58 bits per heavy atom. The first-order chi connectivity index (χ1) is 9.24. The number of rotatable bonds is 5. The van der Waals surface area contributed by atoms with Crippen molar-refractivity contribution < 1.29 is 5.21 Å². The van der Waals surface area contributed by atoms with Crippen molar-refractivity contribution in [1.29, 1.82) is 0 Å². The van der Waals surface area contributed by atoms with Gasteiger partial charge in [-0.3, -0.25) is 4.98 Å². The molecule has 0 aliphatic heterocycles. The van der Waals surface area contributed by atoms with Gasteiger partial charge in [-0.15, -0.1) is 0 Å². The third kappa shape index (κ3) is 3.42. The number of hydrogen-bond donors (Lipinski definition) is 2. The Morgan fingerprint density at radius 3 is 3.11 bits per heavy atom. The molecule has 0 atom stereocenters. The number of amidine groups is 1. The molecule has 0 bridgehead atoms. The van der Waals surface area contributed by atoms with Crippen molar-refractivity contribution in [2.75, 3.05) is 0 Å². The minimum atomic E-state index is 0.0164. The fourth-order valence-corrected chi connectivity index (χ4v) is 3.09. The van der Waals surface area contributed by atoms with Crippen LogP contribution in [0.3, 0.4) is 0 Å². The molecule has 6 nitrogen and oxygen atoms in total. The Bertz CT molecular complexity index is 584. The molecule has 8 heteroatoms. The summed E-state index contributed by atoms with van der Waals surface area (Å²) in [6.45, 7) is 2.02. The second-order valence-electron chi connectivity index (χ2n) is 3.62. The van der Waals surface area contributed by atoms with Gasteiger partial charge in [-0.25, -0.2) is 4.98 Å². The summed E-state index contributed by atoms with van der Waals surface area (Å²) in [5.74, 6) is 1.52. The summed E-state index contributed by atoms with van der Waals surface area (Å²) in [6, 6.07) is 3.72. The normalized spacial score (nSPS) is 11.7. The molecule has 0 amide bonds. The number of hydrogen-bond acceptors (Lipinski definition) is 7. The lowest BCUT2D eigenvalue weighted by Crippen LogP contribution is -2.17. The van der Waals surface area contributed by atoms with Crippen LogP contribution < -0.4 is 5.73 Å². The van der Waals surface area contributed by atoms with E-state index in [0.717, 1.165) is 22.1 Å². The Balaban J connectivity index is 2.11. The molecule has 2 heterocycles. The molecular formula is C11H13N5OS2. The summed E-state index contributed by atoms with van der Waals surface area (Å²) in [5.41, 5.74) is 6.99. The zero-order valence-corrected chi connectivity index (χ0v) is 11.9. The van der Waals surface area contributed by atoms with Crippen LogP contribution in [0, 0.1) is 0 Å². The van der Waals surface area contributed by atoms with Gasteiger partial charge in [0.25, 0.3) is 0 Å². The second-order valence-corrected chi connectivity index (χ2v) is 5.59. The minimum Gasteiger partial charge on any atom is -0.409 e. The third-order valence-electron chi connectivity index (χ3n) is 2.36. The zero-order valence-electron chi connectivity index (χ0n) is 10.3. The van der Waals surface area contributed by atoms with Gasteiger partial charge in [0.2, 0.25) is 0 Å². The summed E-state index contributed by atoms with van der Waals surface area (Å²) < 4.78 is 5.13. The topological polar surface area (TPSA) is 97.3 Å². The van der Waals surface area contributed by atoms with Gasteiger partial charge in [0.05, 0.1) is 0 Å². The molecule has 0 saturated heterocycles. The maximum absolute atomic E-state index is 8.73. The lowest BCUT2D eigenvalue weighted by Gasteiger charge is -2.05. The van der Waals surface area contributed by atoms with E-state index in [9.17, 15) is 0 Å². The summed E-state index contributed by atoms with van der Waals surface area (Å²) in [4.78, 5) is 8.50. The number of oxime groups is 1. The van der Waals surface area contributed by atoms with Gasteiger partial charge in [-0.2, -0.15) is 4.37 Å². The Hall–Kier alpha value is -1.67. The Labute approximate surface area is 118 Å². The SMILES string of the molecule is CCc1nsc(SCc2cccnc2C(N)=NO)n1. The van der Waals surface area contributed by atoms with Crippen LogP contribution in [0.5, 0.6) is 0 Å². The number of nitrogens with two attached hydrogens (primary N) is 1. The van der Waals surface area contributed by atoms with E-state index >= 15 is 0 Å². The first kappa shape index (κ1) is 13.8. The van der Waals surface area contributed by atoms with Crippen molar-refractivity contribution in [3.8, 4) is 0 Å². The number of pyridine rings is 1. The molecule has 0 radical (unpaired) electrons. The summed E-state index contributed by atoms with van der Waals surface area (Å²) in [5, 5.41) is 11.7. The van der Waals surface area contributed by atoms with Gasteiger partial charge in [0.15, 0.2) is 10.2 Å². The van der Waals surface area contributed by atoms with Crippen LogP contribution in [0.4, 0.5) is 0 Å². The predicted octanol–water partition coefficient (Wildman–Crippen LogP) is 1.88. The van der Waals surface area contributed by atoms with E-state index in [1.165, 1.54) is 11.5 Å². The highest BCUT2D eigenvalue weighted by molar-refractivity contribution is 8.00. The fraction of sp³-hybridized carbons (Fsp3) is 0.273. The van der Waals surface area contributed by atoms with Gasteiger partial charge < -0.3 is 10.9 Å². The monoisotopic (exact) mass is 295 g/mol. The lowest BCUT2D eigenvalue weighted by molar-refractivity contribution is 0.318. The summed E-state index contributed by atoms with van der Waals surface area (Å²) >= 11 is 2.95. The third-order valence-corrected chi connectivity index (χ3v) is 4.28. The zero-order chi connectivity index (χ0) is 13.7. The van der Waals surface area contributed by atoms with E-state index in [-0.39, 0.29) is 5.84 Å². The summed E-state index contributed by atoms with van der Waals surface area (Å²) in [7, 11) is 0. The number of thioether (sulfide) groups is 1. The van der Waals surface area contributed by atoms with Crippen LogP contribution >= 0.6 is 23.3 Å². The Kier molecular flexibility index (Phi) is 4.69. The maximum Gasteiger partial charge on any atom is 0.189 e. The van der Waals surface area contributed by atoms with E-state index in [2.05, 4.69) is 19.5 Å². The highest BCUT2D eigenvalue weighted by atomic mass is 32.2. The highest BCUT2D eigenvalue weighted by Crippen LogP contribution is 2.25. The molecular weight excluding hydrogens is 282 g/mol. The van der Waals surface area contributed by atoms with Crippen molar-refractivity contribution >= 4 is 29.1 Å². The lowest BCUT2D eigenvalue weighted by atomic mass is 10.2. The smallest absolute Gasteiger partial charge is 0.189 e. The molecule has 2 aromatic rings. The number of aromatic nitrogens is 3. The number of aryl methyl sites for hydroxylation is 1. The first-order valence-electron chi connectivity index (χ1n) is 5.61. The molecule has 0 aromatic carbocycles. The van der Waals surface area contributed by atoms with Gasteiger partial charge in [-0.1, -0.05) is 29.9 Å². The second kappa shape index (κ2) is 6.48. The Morgan fingerprint density at radius 2 is 2.42 bits per heavy atom. The van der Waals surface area contributed by atoms with Gasteiger partial charge >= 0.3 is 0 Å². The van der Waals surface area contributed by atoms with E-state index in [0.29, 0.717) is 11.4 Å². The molecule has 19 heavy (non-hydrogen) atoms. The fourth-order valence-electron chi connectivity index (χ4n) is 1.41. The molecule has 2 aromatic heterocycles. The largest absolute Gasteiger partial charge is 0.409 e. The molecule has 3 N–H and O–H groups in total. The van der Waals surface area contributed by atoms with Crippen molar-refractivity contribution in [2.24, 2.45) is 10.9 Å². The van der Waals surface area contributed by atoms with Gasteiger partial charge in [0.1, 0.15) is 11.5 Å².